The average Bonchev–Trinajstić information content (AvgIpc) is 3.24. The second kappa shape index (κ2) is 6.45. The van der Waals surface area contributed by atoms with E-state index < -0.39 is 0 Å². The third kappa shape index (κ3) is 2.99. The number of nitrogens with zero attached hydrogens (tertiary/aromatic N) is 6. The standard InChI is InChI=1S/C16H20N6OS/c1-11(2)16-20-19-13(23-16)9-21-4-6-22(7-5-21)15-14-12(3-8-24-14)17-10-18-15/h3,8,10-11H,4-7,9H2,1-2H3. The molecule has 0 aliphatic carbocycles. The Kier molecular flexibility index (Phi) is 4.15. The van der Waals surface area contributed by atoms with Crippen LogP contribution in [0.5, 0.6) is 0 Å². The van der Waals surface area contributed by atoms with Crippen LogP contribution in [0.1, 0.15) is 31.5 Å². The first-order valence-electron chi connectivity index (χ1n) is 8.18. The Hall–Kier alpha value is -2.06. The summed E-state index contributed by atoms with van der Waals surface area (Å²) in [6.45, 7) is 8.62. The van der Waals surface area contributed by atoms with E-state index in [9.17, 15) is 0 Å². The van der Waals surface area contributed by atoms with Crippen molar-refractivity contribution in [2.75, 3.05) is 31.1 Å². The number of piperazine rings is 1. The van der Waals surface area contributed by atoms with E-state index in [0.717, 1.165) is 37.5 Å². The molecule has 1 fully saturated rings. The molecule has 0 saturated carbocycles. The topological polar surface area (TPSA) is 71.2 Å². The summed E-state index contributed by atoms with van der Waals surface area (Å²) in [5.41, 5.74) is 1.03. The zero-order valence-corrected chi connectivity index (χ0v) is 14.7. The molecule has 3 aromatic rings. The van der Waals surface area contributed by atoms with Gasteiger partial charge in [0, 0.05) is 32.1 Å². The molecular weight excluding hydrogens is 324 g/mol. The molecule has 8 heteroatoms. The summed E-state index contributed by atoms with van der Waals surface area (Å²) in [4.78, 5) is 13.5. The fourth-order valence-electron chi connectivity index (χ4n) is 2.87. The van der Waals surface area contributed by atoms with E-state index in [4.69, 9.17) is 4.42 Å². The van der Waals surface area contributed by atoms with Gasteiger partial charge in [0.05, 0.1) is 16.8 Å². The van der Waals surface area contributed by atoms with Crippen molar-refractivity contribution in [3.05, 3.63) is 29.6 Å². The molecule has 0 amide bonds. The van der Waals surface area contributed by atoms with Gasteiger partial charge in [0.1, 0.15) is 12.1 Å². The lowest BCUT2D eigenvalue weighted by molar-refractivity contribution is 0.223. The molecule has 1 aliphatic rings. The summed E-state index contributed by atoms with van der Waals surface area (Å²) in [6.07, 6.45) is 1.66. The van der Waals surface area contributed by atoms with Gasteiger partial charge >= 0.3 is 0 Å². The van der Waals surface area contributed by atoms with E-state index in [1.807, 2.05) is 6.07 Å². The fraction of sp³-hybridized carbons (Fsp3) is 0.500. The van der Waals surface area contributed by atoms with Crippen LogP contribution in [-0.4, -0.2) is 51.2 Å². The summed E-state index contributed by atoms with van der Waals surface area (Å²) in [7, 11) is 0. The zero-order valence-electron chi connectivity index (χ0n) is 13.8. The Morgan fingerprint density at radius 1 is 1.17 bits per heavy atom. The van der Waals surface area contributed by atoms with Crippen molar-refractivity contribution >= 4 is 27.4 Å². The van der Waals surface area contributed by atoms with Crippen LogP contribution in [0.4, 0.5) is 5.82 Å². The molecule has 3 aromatic heterocycles. The van der Waals surface area contributed by atoms with Gasteiger partial charge in [0.25, 0.3) is 0 Å². The maximum Gasteiger partial charge on any atom is 0.230 e. The summed E-state index contributed by atoms with van der Waals surface area (Å²) in [6, 6.07) is 2.04. The predicted molar refractivity (Wildman–Crippen MR) is 93.3 cm³/mol. The van der Waals surface area contributed by atoms with E-state index in [1.165, 1.54) is 4.70 Å². The number of thiophene rings is 1. The summed E-state index contributed by atoms with van der Waals surface area (Å²) >= 11 is 1.70. The Labute approximate surface area is 144 Å². The molecule has 1 aliphatic heterocycles. The van der Waals surface area contributed by atoms with Crippen molar-refractivity contribution in [3.8, 4) is 0 Å². The first-order valence-corrected chi connectivity index (χ1v) is 9.06. The van der Waals surface area contributed by atoms with Crippen LogP contribution in [-0.2, 0) is 6.54 Å². The quantitative estimate of drug-likeness (QED) is 0.720. The lowest BCUT2D eigenvalue weighted by Gasteiger charge is -2.34. The van der Waals surface area contributed by atoms with Gasteiger partial charge in [-0.25, -0.2) is 9.97 Å². The van der Waals surface area contributed by atoms with E-state index in [-0.39, 0.29) is 5.92 Å². The van der Waals surface area contributed by atoms with Crippen LogP contribution >= 0.6 is 11.3 Å². The summed E-state index contributed by atoms with van der Waals surface area (Å²) < 4.78 is 6.88. The third-order valence-electron chi connectivity index (χ3n) is 4.23. The van der Waals surface area contributed by atoms with Crippen molar-refractivity contribution in [3.63, 3.8) is 0 Å². The number of hydrogen-bond donors (Lipinski definition) is 0. The second-order valence-corrected chi connectivity index (χ2v) is 7.20. The van der Waals surface area contributed by atoms with Crippen molar-refractivity contribution in [2.24, 2.45) is 0 Å². The van der Waals surface area contributed by atoms with Gasteiger partial charge in [0.2, 0.25) is 11.8 Å². The number of rotatable bonds is 4. The van der Waals surface area contributed by atoms with Crippen molar-refractivity contribution in [1.29, 1.82) is 0 Å². The normalized spacial score (nSPS) is 16.4. The number of aromatic nitrogens is 4. The van der Waals surface area contributed by atoms with Gasteiger partial charge in [-0.05, 0) is 11.4 Å². The predicted octanol–water partition coefficient (Wildman–Crippen LogP) is 2.52. The zero-order chi connectivity index (χ0) is 16.5. The van der Waals surface area contributed by atoms with Crippen LogP contribution in [0, 0.1) is 0 Å². The molecule has 4 heterocycles. The molecule has 0 bridgehead atoms. The number of fused-ring (bicyclic) bond motifs is 1. The monoisotopic (exact) mass is 344 g/mol. The minimum atomic E-state index is 0.272. The highest BCUT2D eigenvalue weighted by molar-refractivity contribution is 7.17. The maximum absolute atomic E-state index is 5.71. The molecule has 7 nitrogen and oxygen atoms in total. The Morgan fingerprint density at radius 3 is 2.75 bits per heavy atom. The SMILES string of the molecule is CC(C)c1nnc(CN2CCN(c3ncnc4ccsc34)CC2)o1. The molecule has 24 heavy (non-hydrogen) atoms. The Balaban J connectivity index is 1.40. The molecule has 1 saturated heterocycles. The molecule has 0 unspecified atom stereocenters. The lowest BCUT2D eigenvalue weighted by Crippen LogP contribution is -2.46. The molecular formula is C16H20N6OS. The smallest absolute Gasteiger partial charge is 0.230 e. The van der Waals surface area contributed by atoms with Gasteiger partial charge in [-0.2, -0.15) is 0 Å². The lowest BCUT2D eigenvalue weighted by atomic mass is 10.2. The maximum atomic E-state index is 5.71. The Bertz CT molecular complexity index is 821. The van der Waals surface area contributed by atoms with Crippen molar-refractivity contribution < 1.29 is 4.42 Å². The minimum Gasteiger partial charge on any atom is -0.424 e. The van der Waals surface area contributed by atoms with Gasteiger partial charge in [-0.3, -0.25) is 4.90 Å². The average molecular weight is 344 g/mol. The summed E-state index contributed by atoms with van der Waals surface area (Å²) in [5.74, 6) is 2.74. The number of anilines is 1. The number of hydrogen-bond acceptors (Lipinski definition) is 8. The largest absolute Gasteiger partial charge is 0.424 e. The van der Waals surface area contributed by atoms with Crippen LogP contribution < -0.4 is 4.90 Å². The molecule has 4 rings (SSSR count). The van der Waals surface area contributed by atoms with Crippen molar-refractivity contribution in [2.45, 2.75) is 26.3 Å². The van der Waals surface area contributed by atoms with E-state index >= 15 is 0 Å². The molecule has 0 radical (unpaired) electrons. The van der Waals surface area contributed by atoms with Crippen LogP contribution in [0.15, 0.2) is 22.2 Å². The van der Waals surface area contributed by atoms with Crippen molar-refractivity contribution in [1.82, 2.24) is 25.1 Å². The first-order chi connectivity index (χ1) is 11.7. The third-order valence-corrected chi connectivity index (χ3v) is 5.13. The van der Waals surface area contributed by atoms with Crippen LogP contribution in [0.3, 0.4) is 0 Å². The minimum absolute atomic E-state index is 0.272. The van der Waals surface area contributed by atoms with Gasteiger partial charge in [0.15, 0.2) is 0 Å². The second-order valence-electron chi connectivity index (χ2n) is 6.28. The molecule has 0 atom stereocenters. The van der Waals surface area contributed by atoms with Gasteiger partial charge in [-0.1, -0.05) is 13.8 Å². The molecule has 0 aromatic carbocycles. The molecule has 126 valence electrons. The Morgan fingerprint density at radius 2 is 2.00 bits per heavy atom. The summed E-state index contributed by atoms with van der Waals surface area (Å²) in [5, 5.41) is 10.3. The van der Waals surface area contributed by atoms with Gasteiger partial charge in [-0.15, -0.1) is 21.5 Å². The van der Waals surface area contributed by atoms with Crippen LogP contribution in [0.25, 0.3) is 10.2 Å². The van der Waals surface area contributed by atoms with E-state index in [0.29, 0.717) is 18.3 Å². The molecule has 0 N–H and O–H groups in total. The highest BCUT2D eigenvalue weighted by Gasteiger charge is 2.22. The fourth-order valence-corrected chi connectivity index (χ4v) is 3.74. The first kappa shape index (κ1) is 15.5. The highest BCUT2D eigenvalue weighted by atomic mass is 32.1. The van der Waals surface area contributed by atoms with Crippen LogP contribution in [0.2, 0.25) is 0 Å². The van der Waals surface area contributed by atoms with E-state index in [1.54, 1.807) is 17.7 Å². The van der Waals surface area contributed by atoms with Gasteiger partial charge < -0.3 is 9.32 Å². The highest BCUT2D eigenvalue weighted by Crippen LogP contribution is 2.28. The molecule has 0 spiro atoms. The van der Waals surface area contributed by atoms with E-state index in [2.05, 4.69) is 49.2 Å².